The Bertz CT molecular complexity index is 811. The Hall–Kier alpha value is -2.18. The van der Waals surface area contributed by atoms with Gasteiger partial charge in [0.25, 0.3) is 0 Å². The third kappa shape index (κ3) is 4.45. The van der Waals surface area contributed by atoms with E-state index in [2.05, 4.69) is 27.3 Å². The third-order valence-electron chi connectivity index (χ3n) is 5.66. The van der Waals surface area contributed by atoms with Gasteiger partial charge in [-0.1, -0.05) is 18.2 Å². The van der Waals surface area contributed by atoms with Crippen LogP contribution in [0.5, 0.6) is 5.75 Å². The Morgan fingerprint density at radius 1 is 1.29 bits per heavy atom. The van der Waals surface area contributed by atoms with Gasteiger partial charge < -0.3 is 19.7 Å². The van der Waals surface area contributed by atoms with Gasteiger partial charge in [0, 0.05) is 45.3 Å². The quantitative estimate of drug-likeness (QED) is 0.743. The number of likely N-dealkylation sites (tertiary alicyclic amines) is 1. The molecule has 2 aliphatic rings. The number of anilines is 1. The molecule has 6 heteroatoms. The van der Waals surface area contributed by atoms with Crippen molar-refractivity contribution in [1.29, 1.82) is 0 Å². The maximum Gasteiger partial charge on any atom is 0.133 e. The first-order chi connectivity index (χ1) is 13.7. The van der Waals surface area contributed by atoms with E-state index in [1.54, 1.807) is 7.11 Å². The zero-order valence-electron chi connectivity index (χ0n) is 16.9. The van der Waals surface area contributed by atoms with Gasteiger partial charge in [0.1, 0.15) is 24.0 Å². The summed E-state index contributed by atoms with van der Waals surface area (Å²) in [6, 6.07) is 8.24. The maximum atomic E-state index is 5.99. The molecule has 0 spiro atoms. The number of aryl methyl sites for hydroxylation is 1. The van der Waals surface area contributed by atoms with Gasteiger partial charge in [-0.3, -0.25) is 0 Å². The van der Waals surface area contributed by atoms with Crippen LogP contribution in [0.25, 0.3) is 0 Å². The predicted molar refractivity (Wildman–Crippen MR) is 110 cm³/mol. The van der Waals surface area contributed by atoms with Gasteiger partial charge in [-0.25, -0.2) is 9.97 Å². The number of nitrogens with zero attached hydrogens (tertiary/aromatic N) is 3. The van der Waals surface area contributed by atoms with E-state index in [4.69, 9.17) is 14.5 Å². The van der Waals surface area contributed by atoms with E-state index in [1.165, 1.54) is 24.1 Å². The summed E-state index contributed by atoms with van der Waals surface area (Å²) in [6.07, 6.45) is 3.15. The van der Waals surface area contributed by atoms with E-state index in [9.17, 15) is 0 Å². The molecular weight excluding hydrogens is 352 g/mol. The highest BCUT2D eigenvalue weighted by atomic mass is 16.5. The fraction of sp³-hybridized carbons (Fsp3) is 0.545. The Morgan fingerprint density at radius 3 is 3.07 bits per heavy atom. The van der Waals surface area contributed by atoms with Crippen molar-refractivity contribution < 1.29 is 9.47 Å². The van der Waals surface area contributed by atoms with Gasteiger partial charge in [0.05, 0.1) is 5.69 Å². The first-order valence-corrected chi connectivity index (χ1v) is 10.2. The number of hydrogen-bond acceptors (Lipinski definition) is 6. The monoisotopic (exact) mass is 382 g/mol. The highest BCUT2D eigenvalue weighted by Gasteiger charge is 2.24. The number of benzene rings is 1. The van der Waals surface area contributed by atoms with E-state index in [0.717, 1.165) is 62.2 Å². The zero-order valence-corrected chi connectivity index (χ0v) is 16.9. The molecule has 1 saturated heterocycles. The molecule has 1 aromatic carbocycles. The van der Waals surface area contributed by atoms with Gasteiger partial charge >= 0.3 is 0 Å². The number of hydrogen-bond donors (Lipinski definition) is 1. The SMILES string of the molecule is COCCCN1CC[C@@H](CNc2nc(C)nc3c2Cc2ccccc2OC3)C1. The predicted octanol–water partition coefficient (Wildman–Crippen LogP) is 3.04. The molecule has 0 unspecified atom stereocenters. The average molecular weight is 383 g/mol. The number of rotatable bonds is 7. The highest BCUT2D eigenvalue weighted by molar-refractivity contribution is 5.52. The second-order valence-electron chi connectivity index (χ2n) is 7.80. The minimum absolute atomic E-state index is 0.501. The summed E-state index contributed by atoms with van der Waals surface area (Å²) in [5, 5.41) is 3.64. The van der Waals surface area contributed by atoms with E-state index in [1.807, 2.05) is 19.1 Å². The van der Waals surface area contributed by atoms with Crippen LogP contribution in [0.2, 0.25) is 0 Å². The molecule has 2 aromatic rings. The van der Waals surface area contributed by atoms with Crippen molar-refractivity contribution in [3.05, 3.63) is 46.9 Å². The van der Waals surface area contributed by atoms with Crippen LogP contribution >= 0.6 is 0 Å². The topological polar surface area (TPSA) is 59.5 Å². The maximum absolute atomic E-state index is 5.99. The van der Waals surface area contributed by atoms with Crippen molar-refractivity contribution in [2.24, 2.45) is 5.92 Å². The Balaban J connectivity index is 1.43. The number of para-hydroxylation sites is 1. The van der Waals surface area contributed by atoms with E-state index in [0.29, 0.717) is 12.5 Å². The fourth-order valence-corrected chi connectivity index (χ4v) is 4.19. The normalized spacial score (nSPS) is 18.9. The standard InChI is InChI=1S/C22H30N4O2/c1-16-24-20-15-28-21-7-4-3-6-18(21)12-19(20)22(25-16)23-13-17-8-10-26(14-17)9-5-11-27-2/h3-4,6-7,17H,5,8-15H2,1-2H3,(H,23,24,25)/t17-/m0/s1. The molecule has 1 fully saturated rings. The first kappa shape index (κ1) is 19.2. The van der Waals surface area contributed by atoms with Crippen LogP contribution < -0.4 is 10.1 Å². The molecule has 1 aromatic heterocycles. The lowest BCUT2D eigenvalue weighted by atomic mass is 10.0. The van der Waals surface area contributed by atoms with Crippen molar-refractivity contribution >= 4 is 5.82 Å². The summed E-state index contributed by atoms with van der Waals surface area (Å²) >= 11 is 0. The van der Waals surface area contributed by atoms with Crippen LogP contribution in [-0.2, 0) is 17.8 Å². The Morgan fingerprint density at radius 2 is 2.18 bits per heavy atom. The molecule has 1 N–H and O–H groups in total. The van der Waals surface area contributed by atoms with Crippen molar-refractivity contribution in [3.63, 3.8) is 0 Å². The highest BCUT2D eigenvalue weighted by Crippen LogP contribution is 2.31. The summed E-state index contributed by atoms with van der Waals surface area (Å²) < 4.78 is 11.2. The molecule has 150 valence electrons. The fourth-order valence-electron chi connectivity index (χ4n) is 4.19. The summed E-state index contributed by atoms with van der Waals surface area (Å²) in [6.45, 7) is 7.70. The number of aromatic nitrogens is 2. The van der Waals surface area contributed by atoms with Crippen LogP contribution in [0.3, 0.4) is 0 Å². The molecule has 0 bridgehead atoms. The van der Waals surface area contributed by atoms with E-state index < -0.39 is 0 Å². The molecule has 3 heterocycles. The van der Waals surface area contributed by atoms with Crippen LogP contribution in [0.4, 0.5) is 5.82 Å². The molecule has 28 heavy (non-hydrogen) atoms. The van der Waals surface area contributed by atoms with Gasteiger partial charge in [-0.05, 0) is 43.9 Å². The lowest BCUT2D eigenvalue weighted by Crippen LogP contribution is -2.25. The van der Waals surface area contributed by atoms with Crippen LogP contribution in [0.1, 0.15) is 35.5 Å². The summed E-state index contributed by atoms with van der Waals surface area (Å²) in [5.41, 5.74) is 3.37. The van der Waals surface area contributed by atoms with Gasteiger partial charge in [0.15, 0.2) is 0 Å². The minimum atomic E-state index is 0.501. The average Bonchev–Trinajstić information content (AvgIpc) is 3.06. The molecule has 6 nitrogen and oxygen atoms in total. The summed E-state index contributed by atoms with van der Waals surface area (Å²) in [4.78, 5) is 11.9. The van der Waals surface area contributed by atoms with Gasteiger partial charge in [-0.15, -0.1) is 0 Å². The first-order valence-electron chi connectivity index (χ1n) is 10.2. The molecule has 2 aliphatic heterocycles. The molecule has 4 rings (SSSR count). The van der Waals surface area contributed by atoms with Crippen LogP contribution in [-0.4, -0.2) is 54.8 Å². The van der Waals surface area contributed by atoms with Crippen LogP contribution in [0, 0.1) is 12.8 Å². The lowest BCUT2D eigenvalue weighted by Gasteiger charge is -2.18. The largest absolute Gasteiger partial charge is 0.487 e. The second kappa shape index (κ2) is 8.88. The summed E-state index contributed by atoms with van der Waals surface area (Å²) in [5.74, 6) is 3.37. The molecule has 0 amide bonds. The summed E-state index contributed by atoms with van der Waals surface area (Å²) in [7, 11) is 1.77. The Labute approximate surface area is 167 Å². The third-order valence-corrected chi connectivity index (χ3v) is 5.66. The molecule has 0 saturated carbocycles. The van der Waals surface area contributed by atoms with Crippen molar-refractivity contribution in [3.8, 4) is 5.75 Å². The van der Waals surface area contributed by atoms with Crippen molar-refractivity contribution in [1.82, 2.24) is 14.9 Å². The number of nitrogens with one attached hydrogen (secondary N) is 1. The molecule has 1 atom stereocenters. The number of methoxy groups -OCH3 is 1. The zero-order chi connectivity index (χ0) is 19.3. The van der Waals surface area contributed by atoms with Gasteiger partial charge in [-0.2, -0.15) is 0 Å². The minimum Gasteiger partial charge on any atom is -0.487 e. The van der Waals surface area contributed by atoms with E-state index >= 15 is 0 Å². The number of ether oxygens (including phenoxy) is 2. The lowest BCUT2D eigenvalue weighted by molar-refractivity contribution is 0.178. The molecule has 0 radical (unpaired) electrons. The molecule has 0 aliphatic carbocycles. The molecular formula is C22H30N4O2. The smallest absolute Gasteiger partial charge is 0.133 e. The Kier molecular flexibility index (Phi) is 6.07. The number of fused-ring (bicyclic) bond motifs is 2. The van der Waals surface area contributed by atoms with E-state index in [-0.39, 0.29) is 0 Å². The van der Waals surface area contributed by atoms with Crippen LogP contribution in [0.15, 0.2) is 24.3 Å². The second-order valence-corrected chi connectivity index (χ2v) is 7.80. The van der Waals surface area contributed by atoms with Crippen molar-refractivity contribution in [2.75, 3.05) is 45.2 Å². The van der Waals surface area contributed by atoms with Crippen molar-refractivity contribution in [2.45, 2.75) is 32.8 Å². The van der Waals surface area contributed by atoms with Gasteiger partial charge in [0.2, 0.25) is 0 Å².